The standard InChI is InChI=1S/C12H12BrF2N/c1-3-12(2,7-16)6-8-10(14)5-4-9(13)11(8)15/h4-5H,3,6H2,1-2H3. The van der Waals surface area contributed by atoms with Gasteiger partial charge in [0.15, 0.2) is 0 Å². The fourth-order valence-corrected chi connectivity index (χ4v) is 1.74. The first-order chi connectivity index (χ1) is 7.43. The first-order valence-electron chi connectivity index (χ1n) is 4.97. The zero-order valence-electron chi connectivity index (χ0n) is 9.15. The van der Waals surface area contributed by atoms with Crippen LogP contribution in [-0.4, -0.2) is 0 Å². The maximum Gasteiger partial charge on any atom is 0.143 e. The third kappa shape index (κ3) is 2.59. The van der Waals surface area contributed by atoms with Gasteiger partial charge < -0.3 is 0 Å². The van der Waals surface area contributed by atoms with Crippen molar-refractivity contribution in [2.24, 2.45) is 5.41 Å². The van der Waals surface area contributed by atoms with Crippen LogP contribution in [0.5, 0.6) is 0 Å². The maximum atomic E-state index is 13.7. The van der Waals surface area contributed by atoms with Crippen LogP contribution in [0.2, 0.25) is 0 Å². The van der Waals surface area contributed by atoms with Gasteiger partial charge in [-0.1, -0.05) is 6.92 Å². The van der Waals surface area contributed by atoms with E-state index in [1.807, 2.05) is 6.92 Å². The largest absolute Gasteiger partial charge is 0.207 e. The van der Waals surface area contributed by atoms with Crippen molar-refractivity contribution in [2.45, 2.75) is 26.7 Å². The smallest absolute Gasteiger partial charge is 0.143 e. The number of benzene rings is 1. The van der Waals surface area contributed by atoms with Gasteiger partial charge in [-0.15, -0.1) is 0 Å². The number of hydrogen-bond donors (Lipinski definition) is 0. The molecule has 0 radical (unpaired) electrons. The van der Waals surface area contributed by atoms with Gasteiger partial charge >= 0.3 is 0 Å². The average Bonchev–Trinajstić information content (AvgIpc) is 2.29. The molecule has 1 rings (SSSR count). The van der Waals surface area contributed by atoms with E-state index in [1.165, 1.54) is 12.1 Å². The van der Waals surface area contributed by atoms with Crippen LogP contribution in [0, 0.1) is 28.4 Å². The summed E-state index contributed by atoms with van der Waals surface area (Å²) in [5.74, 6) is -1.22. The number of halogens is 3. The number of rotatable bonds is 3. The monoisotopic (exact) mass is 287 g/mol. The second-order valence-corrected chi connectivity index (χ2v) is 4.88. The van der Waals surface area contributed by atoms with Crippen LogP contribution in [0.1, 0.15) is 25.8 Å². The van der Waals surface area contributed by atoms with E-state index < -0.39 is 17.0 Å². The molecule has 0 saturated carbocycles. The molecule has 0 heterocycles. The first kappa shape index (κ1) is 13.1. The highest BCUT2D eigenvalue weighted by Gasteiger charge is 2.26. The Bertz CT molecular complexity index is 439. The van der Waals surface area contributed by atoms with Gasteiger partial charge in [0.1, 0.15) is 11.6 Å². The van der Waals surface area contributed by atoms with Crippen LogP contribution in [0.3, 0.4) is 0 Å². The zero-order valence-corrected chi connectivity index (χ0v) is 10.7. The molecule has 0 fully saturated rings. The molecule has 0 amide bonds. The third-order valence-corrected chi connectivity index (χ3v) is 3.37. The molecule has 0 saturated heterocycles. The molecule has 0 N–H and O–H groups in total. The molecule has 86 valence electrons. The van der Waals surface area contributed by atoms with Gasteiger partial charge in [-0.2, -0.15) is 5.26 Å². The van der Waals surface area contributed by atoms with E-state index in [4.69, 9.17) is 5.26 Å². The van der Waals surface area contributed by atoms with Crippen LogP contribution in [0.15, 0.2) is 16.6 Å². The molecule has 16 heavy (non-hydrogen) atoms. The first-order valence-corrected chi connectivity index (χ1v) is 5.76. The Morgan fingerprint density at radius 3 is 2.56 bits per heavy atom. The van der Waals surface area contributed by atoms with Gasteiger partial charge in [-0.05, 0) is 47.8 Å². The highest BCUT2D eigenvalue weighted by atomic mass is 79.9. The zero-order chi connectivity index (χ0) is 12.3. The van der Waals surface area contributed by atoms with Crippen LogP contribution >= 0.6 is 15.9 Å². The van der Waals surface area contributed by atoms with Gasteiger partial charge in [-0.3, -0.25) is 0 Å². The second kappa shape index (κ2) is 4.92. The predicted octanol–water partition coefficient (Wildman–Crippen LogP) is 4.21. The molecule has 0 aromatic heterocycles. The normalized spacial score (nSPS) is 14.2. The molecular weight excluding hydrogens is 276 g/mol. The summed E-state index contributed by atoms with van der Waals surface area (Å²) in [6, 6.07) is 4.63. The highest BCUT2D eigenvalue weighted by Crippen LogP contribution is 2.30. The number of hydrogen-bond acceptors (Lipinski definition) is 1. The lowest BCUT2D eigenvalue weighted by atomic mass is 9.82. The highest BCUT2D eigenvalue weighted by molar-refractivity contribution is 9.10. The molecule has 0 aliphatic rings. The van der Waals surface area contributed by atoms with E-state index in [9.17, 15) is 8.78 Å². The van der Waals surface area contributed by atoms with Crippen molar-refractivity contribution in [1.29, 1.82) is 5.26 Å². The van der Waals surface area contributed by atoms with Crippen molar-refractivity contribution in [3.05, 3.63) is 33.8 Å². The van der Waals surface area contributed by atoms with Gasteiger partial charge in [0.25, 0.3) is 0 Å². The minimum Gasteiger partial charge on any atom is -0.207 e. The molecular formula is C12H12BrF2N. The second-order valence-electron chi connectivity index (χ2n) is 4.02. The summed E-state index contributed by atoms with van der Waals surface area (Å²) < 4.78 is 27.4. The van der Waals surface area contributed by atoms with Crippen LogP contribution in [0.4, 0.5) is 8.78 Å². The summed E-state index contributed by atoms with van der Waals surface area (Å²) in [5.41, 5.74) is -0.761. The Morgan fingerprint density at radius 2 is 2.06 bits per heavy atom. The molecule has 4 heteroatoms. The van der Waals surface area contributed by atoms with Crippen LogP contribution in [-0.2, 0) is 6.42 Å². The molecule has 0 spiro atoms. The van der Waals surface area contributed by atoms with E-state index in [0.29, 0.717) is 6.42 Å². The Balaban J connectivity index is 3.16. The Hall–Kier alpha value is -0.950. The minimum absolute atomic E-state index is 0.0275. The summed E-state index contributed by atoms with van der Waals surface area (Å²) in [6.45, 7) is 3.53. The molecule has 0 aliphatic carbocycles. The fourth-order valence-electron chi connectivity index (χ4n) is 1.36. The van der Waals surface area contributed by atoms with Crippen molar-refractivity contribution < 1.29 is 8.78 Å². The molecule has 0 bridgehead atoms. The predicted molar refractivity (Wildman–Crippen MR) is 61.8 cm³/mol. The van der Waals surface area contributed by atoms with Crippen molar-refractivity contribution in [3.63, 3.8) is 0 Å². The topological polar surface area (TPSA) is 23.8 Å². The summed E-state index contributed by atoms with van der Waals surface area (Å²) in [5, 5.41) is 8.99. The molecule has 0 aliphatic heterocycles. The number of nitrogens with zero attached hydrogens (tertiary/aromatic N) is 1. The molecule has 1 nitrogen and oxygen atoms in total. The quantitative estimate of drug-likeness (QED) is 0.764. The average molecular weight is 288 g/mol. The van der Waals surface area contributed by atoms with Crippen molar-refractivity contribution >= 4 is 15.9 Å². The van der Waals surface area contributed by atoms with Gasteiger partial charge in [-0.25, -0.2) is 8.78 Å². The van der Waals surface area contributed by atoms with E-state index in [1.54, 1.807) is 6.92 Å². The summed E-state index contributed by atoms with van der Waals surface area (Å²) in [7, 11) is 0. The third-order valence-electron chi connectivity index (χ3n) is 2.76. The summed E-state index contributed by atoms with van der Waals surface area (Å²) in [4.78, 5) is 0. The van der Waals surface area contributed by atoms with Crippen molar-refractivity contribution in [3.8, 4) is 6.07 Å². The van der Waals surface area contributed by atoms with Crippen LogP contribution in [0.25, 0.3) is 0 Å². The van der Waals surface area contributed by atoms with E-state index in [0.717, 1.165) is 0 Å². The summed E-state index contributed by atoms with van der Waals surface area (Å²) >= 11 is 3.01. The van der Waals surface area contributed by atoms with Gasteiger partial charge in [0.2, 0.25) is 0 Å². The van der Waals surface area contributed by atoms with Crippen LogP contribution < -0.4 is 0 Å². The molecule has 1 unspecified atom stereocenters. The minimum atomic E-state index is -0.734. The SMILES string of the molecule is CCC(C)(C#N)Cc1c(F)ccc(Br)c1F. The van der Waals surface area contributed by atoms with E-state index in [2.05, 4.69) is 22.0 Å². The van der Waals surface area contributed by atoms with E-state index >= 15 is 0 Å². The Labute approximate surface area is 102 Å². The molecule has 1 aromatic rings. The number of nitriles is 1. The van der Waals surface area contributed by atoms with Crippen molar-refractivity contribution in [2.75, 3.05) is 0 Å². The maximum absolute atomic E-state index is 13.7. The lowest BCUT2D eigenvalue weighted by Gasteiger charge is -2.20. The lowest BCUT2D eigenvalue weighted by molar-refractivity contribution is 0.401. The summed E-state index contributed by atoms with van der Waals surface area (Å²) in [6.07, 6.45) is 0.631. The lowest BCUT2D eigenvalue weighted by Crippen LogP contribution is -2.18. The van der Waals surface area contributed by atoms with Crippen molar-refractivity contribution in [1.82, 2.24) is 0 Å². The van der Waals surface area contributed by atoms with Gasteiger partial charge in [0, 0.05) is 5.56 Å². The molecule has 1 atom stereocenters. The molecule has 1 aromatic carbocycles. The van der Waals surface area contributed by atoms with Gasteiger partial charge in [0.05, 0.1) is 16.0 Å². The Morgan fingerprint density at radius 1 is 1.44 bits per heavy atom. The Kier molecular flexibility index (Phi) is 4.03. The fraction of sp³-hybridized carbons (Fsp3) is 0.417. The van der Waals surface area contributed by atoms with E-state index in [-0.39, 0.29) is 16.5 Å².